The Morgan fingerprint density at radius 1 is 1.10 bits per heavy atom. The van der Waals surface area contributed by atoms with Gasteiger partial charge in [0.05, 0.1) is 17.1 Å². The number of rotatable bonds is 6. The van der Waals surface area contributed by atoms with Crippen molar-refractivity contribution in [3.63, 3.8) is 0 Å². The third-order valence-electron chi connectivity index (χ3n) is 5.06. The molecule has 152 valence electrons. The van der Waals surface area contributed by atoms with Crippen LogP contribution in [0, 0.1) is 6.92 Å². The highest BCUT2D eigenvalue weighted by Crippen LogP contribution is 2.32. The first-order valence-corrected chi connectivity index (χ1v) is 9.90. The molecule has 4 rings (SSSR count). The van der Waals surface area contributed by atoms with Crippen molar-refractivity contribution in [1.29, 1.82) is 0 Å². The average molecular weight is 400 g/mol. The van der Waals surface area contributed by atoms with E-state index in [2.05, 4.69) is 15.4 Å². The van der Waals surface area contributed by atoms with Crippen LogP contribution in [0.1, 0.15) is 24.2 Å². The van der Waals surface area contributed by atoms with Crippen LogP contribution in [0.2, 0.25) is 0 Å². The number of aromatic nitrogens is 3. The Kier molecular flexibility index (Phi) is 5.48. The number of carbonyl (C=O) groups is 1. The summed E-state index contributed by atoms with van der Waals surface area (Å²) in [6.07, 6.45) is 0. The van der Waals surface area contributed by atoms with Gasteiger partial charge in [-0.15, -0.1) is 0 Å². The topological polar surface area (TPSA) is 69.0 Å². The second-order valence-corrected chi connectivity index (χ2v) is 7.27. The molecule has 30 heavy (non-hydrogen) atoms. The van der Waals surface area contributed by atoms with Crippen LogP contribution in [-0.2, 0) is 11.8 Å². The third kappa shape index (κ3) is 4.03. The molecule has 1 amide bonds. The van der Waals surface area contributed by atoms with Crippen LogP contribution in [0.15, 0.2) is 66.7 Å². The Bertz CT molecular complexity index is 1170. The molecular weight excluding hydrogens is 376 g/mol. The van der Waals surface area contributed by atoms with Gasteiger partial charge in [-0.05, 0) is 30.5 Å². The quantitative estimate of drug-likeness (QED) is 0.527. The summed E-state index contributed by atoms with van der Waals surface area (Å²) in [4.78, 5) is 17.0. The molecule has 2 aromatic heterocycles. The number of hydrogen-bond acceptors (Lipinski definition) is 4. The molecule has 6 heteroatoms. The summed E-state index contributed by atoms with van der Waals surface area (Å²) in [7, 11) is 1.86. The number of benzene rings is 2. The Labute approximate surface area is 175 Å². The number of ether oxygens (including phenoxy) is 1. The van der Waals surface area contributed by atoms with Crippen molar-refractivity contribution in [3.05, 3.63) is 78.0 Å². The van der Waals surface area contributed by atoms with E-state index in [0.717, 1.165) is 33.4 Å². The number of aryl methyl sites for hydroxylation is 2. The van der Waals surface area contributed by atoms with Crippen molar-refractivity contribution in [2.75, 3.05) is 6.61 Å². The second kappa shape index (κ2) is 8.37. The van der Waals surface area contributed by atoms with Crippen molar-refractivity contribution in [2.45, 2.75) is 19.9 Å². The van der Waals surface area contributed by atoms with E-state index in [4.69, 9.17) is 4.74 Å². The van der Waals surface area contributed by atoms with E-state index < -0.39 is 0 Å². The maximum absolute atomic E-state index is 12.4. The second-order valence-electron chi connectivity index (χ2n) is 7.27. The molecule has 0 aliphatic heterocycles. The predicted molar refractivity (Wildman–Crippen MR) is 117 cm³/mol. The fraction of sp³-hybridized carbons (Fsp3) is 0.208. The minimum absolute atomic E-state index is 0.0997. The normalized spacial score (nSPS) is 12.0. The third-order valence-corrected chi connectivity index (χ3v) is 5.06. The van der Waals surface area contributed by atoms with Crippen LogP contribution in [-0.4, -0.2) is 27.3 Å². The number of nitrogens with one attached hydrogen (secondary N) is 1. The molecule has 1 atom stereocenters. The lowest BCUT2D eigenvalue weighted by atomic mass is 10.0. The lowest BCUT2D eigenvalue weighted by Crippen LogP contribution is -2.31. The summed E-state index contributed by atoms with van der Waals surface area (Å²) in [5.74, 6) is 0.197. The number of carbonyl (C=O) groups excluding carboxylic acids is 1. The molecule has 0 unspecified atom stereocenters. The fourth-order valence-corrected chi connectivity index (χ4v) is 3.59. The molecule has 0 aliphatic carbocycles. The van der Waals surface area contributed by atoms with Crippen LogP contribution in [0.3, 0.4) is 0 Å². The van der Waals surface area contributed by atoms with Gasteiger partial charge >= 0.3 is 0 Å². The number of pyridine rings is 1. The van der Waals surface area contributed by atoms with Gasteiger partial charge in [0.1, 0.15) is 0 Å². The molecule has 0 fully saturated rings. The van der Waals surface area contributed by atoms with Gasteiger partial charge in [0.15, 0.2) is 12.3 Å². The van der Waals surface area contributed by atoms with Crippen molar-refractivity contribution < 1.29 is 9.53 Å². The van der Waals surface area contributed by atoms with Crippen LogP contribution in [0.5, 0.6) is 5.88 Å². The first-order valence-electron chi connectivity index (χ1n) is 9.90. The largest absolute Gasteiger partial charge is 0.467 e. The van der Waals surface area contributed by atoms with E-state index >= 15 is 0 Å². The number of amides is 1. The van der Waals surface area contributed by atoms with Crippen LogP contribution in [0.4, 0.5) is 0 Å². The SMILES string of the molecule is Cc1nn(C)c2nc(OCC(=O)N[C@@H](C)c3ccccc3)cc(-c3ccccc3)c12. The van der Waals surface area contributed by atoms with Gasteiger partial charge in [0.25, 0.3) is 5.91 Å². The summed E-state index contributed by atoms with van der Waals surface area (Å²) in [6, 6.07) is 21.6. The van der Waals surface area contributed by atoms with Gasteiger partial charge in [0, 0.05) is 13.1 Å². The van der Waals surface area contributed by atoms with Crippen LogP contribution >= 0.6 is 0 Å². The van der Waals surface area contributed by atoms with Gasteiger partial charge < -0.3 is 10.1 Å². The fourth-order valence-electron chi connectivity index (χ4n) is 3.59. The van der Waals surface area contributed by atoms with Gasteiger partial charge in [-0.25, -0.2) is 0 Å². The van der Waals surface area contributed by atoms with Crippen molar-refractivity contribution in [3.8, 4) is 17.0 Å². The molecule has 0 radical (unpaired) electrons. The molecule has 0 saturated carbocycles. The highest BCUT2D eigenvalue weighted by atomic mass is 16.5. The lowest BCUT2D eigenvalue weighted by molar-refractivity contribution is -0.123. The number of nitrogens with zero attached hydrogens (tertiary/aromatic N) is 3. The minimum Gasteiger partial charge on any atom is -0.467 e. The van der Waals surface area contributed by atoms with E-state index in [1.807, 2.05) is 87.6 Å². The highest BCUT2D eigenvalue weighted by molar-refractivity contribution is 5.95. The van der Waals surface area contributed by atoms with Gasteiger partial charge in [0.2, 0.25) is 5.88 Å². The molecule has 0 bridgehead atoms. The molecule has 6 nitrogen and oxygen atoms in total. The molecule has 0 saturated heterocycles. The first kappa shape index (κ1) is 19.6. The van der Waals surface area contributed by atoms with Crippen LogP contribution < -0.4 is 10.1 Å². The van der Waals surface area contributed by atoms with E-state index in [-0.39, 0.29) is 18.6 Å². The van der Waals surface area contributed by atoms with Crippen molar-refractivity contribution >= 4 is 16.9 Å². The van der Waals surface area contributed by atoms with Crippen molar-refractivity contribution in [1.82, 2.24) is 20.1 Å². The highest BCUT2D eigenvalue weighted by Gasteiger charge is 2.16. The van der Waals surface area contributed by atoms with Gasteiger partial charge in [-0.2, -0.15) is 10.1 Å². The summed E-state index contributed by atoms with van der Waals surface area (Å²) < 4.78 is 7.51. The maximum Gasteiger partial charge on any atom is 0.258 e. The monoisotopic (exact) mass is 400 g/mol. The van der Waals surface area contributed by atoms with Crippen molar-refractivity contribution in [2.24, 2.45) is 7.05 Å². The van der Waals surface area contributed by atoms with E-state index in [1.165, 1.54) is 0 Å². The molecule has 2 heterocycles. The van der Waals surface area contributed by atoms with E-state index in [1.54, 1.807) is 4.68 Å². The Hall–Kier alpha value is -3.67. The Morgan fingerprint density at radius 3 is 2.47 bits per heavy atom. The average Bonchev–Trinajstić information content (AvgIpc) is 3.06. The summed E-state index contributed by atoms with van der Waals surface area (Å²) in [5.41, 5.74) is 4.70. The zero-order chi connectivity index (χ0) is 21.1. The summed E-state index contributed by atoms with van der Waals surface area (Å²) in [6.45, 7) is 3.81. The molecule has 0 aliphatic rings. The van der Waals surface area contributed by atoms with Crippen LogP contribution in [0.25, 0.3) is 22.2 Å². The Morgan fingerprint density at radius 2 is 1.77 bits per heavy atom. The standard InChI is InChI=1S/C24H24N4O2/c1-16(18-10-6-4-7-11-18)25-21(29)15-30-22-14-20(19-12-8-5-9-13-19)23-17(2)27-28(3)24(23)26-22/h4-14,16H,15H2,1-3H3,(H,25,29)/t16-/m0/s1. The smallest absolute Gasteiger partial charge is 0.258 e. The minimum atomic E-state index is -0.198. The summed E-state index contributed by atoms with van der Waals surface area (Å²) in [5, 5.41) is 8.45. The zero-order valence-electron chi connectivity index (χ0n) is 17.3. The lowest BCUT2D eigenvalue weighted by Gasteiger charge is -2.15. The van der Waals surface area contributed by atoms with Gasteiger partial charge in [-0.1, -0.05) is 60.7 Å². The number of hydrogen-bond donors (Lipinski definition) is 1. The van der Waals surface area contributed by atoms with E-state index in [0.29, 0.717) is 5.88 Å². The Balaban J connectivity index is 1.56. The molecule has 0 spiro atoms. The first-order chi connectivity index (χ1) is 14.5. The molecular formula is C24H24N4O2. The molecule has 2 aromatic carbocycles. The molecule has 4 aromatic rings. The predicted octanol–water partition coefficient (Wildman–Crippen LogP) is 4.20. The number of fused-ring (bicyclic) bond motifs is 1. The summed E-state index contributed by atoms with van der Waals surface area (Å²) >= 11 is 0. The maximum atomic E-state index is 12.4. The van der Waals surface area contributed by atoms with E-state index in [9.17, 15) is 4.79 Å². The molecule has 1 N–H and O–H groups in total. The van der Waals surface area contributed by atoms with Gasteiger partial charge in [-0.3, -0.25) is 9.48 Å². The zero-order valence-corrected chi connectivity index (χ0v) is 17.3.